The molecule has 0 aliphatic carbocycles. The third-order valence-corrected chi connectivity index (χ3v) is 2.80. The van der Waals surface area contributed by atoms with Crippen molar-refractivity contribution in [2.24, 2.45) is 0 Å². The van der Waals surface area contributed by atoms with Crippen LogP contribution in [0.1, 0.15) is 6.42 Å². The number of carboxylic acids is 1. The molecule has 0 aromatic rings. The van der Waals surface area contributed by atoms with Crippen LogP contribution in [0.4, 0.5) is 0 Å². The Balaban J connectivity index is 0. The summed E-state index contributed by atoms with van der Waals surface area (Å²) >= 11 is 0. The summed E-state index contributed by atoms with van der Waals surface area (Å²) in [5.74, 6) is -4.94. The standard InChI is InChI=1S/C7H13O10P.2Na/c8-3-1-7(12,6(10)11)17-4(5(3)9)2-16-18(13,14)15;;/h3-5,8-9,12H,1-2H2,(H,10,11)(H2,13,14,15);;/q;2*+1/p-2/t3-,4?,5+,7-;;/m1../s1. The van der Waals surface area contributed by atoms with Gasteiger partial charge in [-0.05, 0) is 0 Å². The normalized spacial score (nSPS) is 36.1. The Morgan fingerprint density at radius 2 is 1.95 bits per heavy atom. The predicted molar refractivity (Wildman–Crippen MR) is 47.2 cm³/mol. The summed E-state index contributed by atoms with van der Waals surface area (Å²) in [6, 6.07) is 0. The van der Waals surface area contributed by atoms with Gasteiger partial charge in [0.1, 0.15) is 18.2 Å². The minimum atomic E-state index is -5.11. The first-order valence-electron chi connectivity index (χ1n) is 4.71. The largest absolute Gasteiger partial charge is 1.00 e. The van der Waals surface area contributed by atoms with E-state index in [9.17, 15) is 34.7 Å². The van der Waals surface area contributed by atoms with Gasteiger partial charge in [0, 0.05) is 6.42 Å². The van der Waals surface area contributed by atoms with Gasteiger partial charge in [0.15, 0.2) is 0 Å². The molecule has 1 aliphatic heterocycles. The van der Waals surface area contributed by atoms with E-state index in [1.54, 1.807) is 0 Å². The Kier molecular flexibility index (Phi) is 10.5. The monoisotopic (exact) mass is 332 g/mol. The van der Waals surface area contributed by atoms with Gasteiger partial charge in [-0.2, -0.15) is 0 Å². The molecule has 0 aromatic carbocycles. The van der Waals surface area contributed by atoms with E-state index in [0.29, 0.717) is 0 Å². The van der Waals surface area contributed by atoms with Crippen LogP contribution in [0.3, 0.4) is 0 Å². The topological polar surface area (TPSA) is 180 Å². The summed E-state index contributed by atoms with van der Waals surface area (Å²) in [5, 5.41) is 38.7. The summed E-state index contributed by atoms with van der Waals surface area (Å²) in [6.45, 7) is -0.981. The van der Waals surface area contributed by atoms with Crippen LogP contribution in [0.2, 0.25) is 0 Å². The van der Waals surface area contributed by atoms with Gasteiger partial charge in [-0.25, -0.2) is 0 Å². The van der Waals surface area contributed by atoms with Crippen molar-refractivity contribution < 1.29 is 108 Å². The second-order valence-corrected chi connectivity index (χ2v) is 4.95. The molecule has 0 aromatic heterocycles. The second-order valence-electron chi connectivity index (χ2n) is 3.75. The van der Waals surface area contributed by atoms with Crippen LogP contribution in [-0.2, 0) is 18.6 Å². The zero-order valence-corrected chi connectivity index (χ0v) is 15.7. The number of ether oxygens (including phenoxy) is 1. The van der Waals surface area contributed by atoms with E-state index < -0.39 is 50.9 Å². The molecule has 1 fully saturated rings. The maximum atomic E-state index is 10.6. The molecule has 1 heterocycles. The number of hydrogen-bond donors (Lipinski definition) is 4. The summed E-state index contributed by atoms with van der Waals surface area (Å²) in [5.41, 5.74) is 0. The molecule has 4 N–H and O–H groups in total. The zero-order chi connectivity index (χ0) is 14.1. The maximum Gasteiger partial charge on any atom is 1.00 e. The molecule has 1 rings (SSSR count). The van der Waals surface area contributed by atoms with Crippen LogP contribution in [0.5, 0.6) is 0 Å². The molecule has 0 amide bonds. The fourth-order valence-electron chi connectivity index (χ4n) is 1.45. The minimum Gasteiger partial charge on any atom is -0.756 e. The zero-order valence-electron chi connectivity index (χ0n) is 10.8. The van der Waals surface area contributed by atoms with Crippen molar-refractivity contribution in [1.29, 1.82) is 0 Å². The van der Waals surface area contributed by atoms with Crippen molar-refractivity contribution in [2.75, 3.05) is 6.61 Å². The molecule has 1 saturated heterocycles. The van der Waals surface area contributed by atoms with E-state index in [4.69, 9.17) is 4.89 Å². The minimum absolute atomic E-state index is 0. The second kappa shape index (κ2) is 8.90. The van der Waals surface area contributed by atoms with Gasteiger partial charge in [0.25, 0.3) is 7.82 Å². The molecule has 13 heteroatoms. The molecular weight excluding hydrogens is 321 g/mol. The number of aliphatic hydroxyl groups is 3. The summed E-state index contributed by atoms with van der Waals surface area (Å²) in [4.78, 5) is 29.2. The number of phosphoric acid groups is 1. The van der Waals surface area contributed by atoms with E-state index in [0.717, 1.165) is 0 Å². The quantitative estimate of drug-likeness (QED) is 0.285. The fraction of sp³-hybridized carbons (Fsp3) is 0.857. The van der Waals surface area contributed by atoms with Gasteiger partial charge >= 0.3 is 59.1 Å². The summed E-state index contributed by atoms with van der Waals surface area (Å²) < 4.78 is 18.7. The third kappa shape index (κ3) is 6.67. The summed E-state index contributed by atoms with van der Waals surface area (Å²) in [6.07, 6.45) is -5.93. The Morgan fingerprint density at radius 3 is 2.35 bits per heavy atom. The number of phosphoric ester groups is 1. The van der Waals surface area contributed by atoms with Gasteiger partial charge < -0.3 is 44.3 Å². The molecule has 0 saturated carbocycles. The molecule has 1 aliphatic rings. The molecule has 2 unspecified atom stereocenters. The van der Waals surface area contributed by atoms with E-state index in [-0.39, 0.29) is 59.1 Å². The number of carboxylic acid groups (broad SMARTS) is 1. The van der Waals surface area contributed by atoms with Crippen LogP contribution in [0, 0.1) is 0 Å². The molecule has 5 atom stereocenters. The smallest absolute Gasteiger partial charge is 0.756 e. The van der Waals surface area contributed by atoms with Gasteiger partial charge in [-0.3, -0.25) is 4.57 Å². The van der Waals surface area contributed by atoms with Crippen molar-refractivity contribution in [2.45, 2.75) is 30.5 Å². The Morgan fingerprint density at radius 1 is 1.45 bits per heavy atom. The molecule has 0 spiro atoms. The van der Waals surface area contributed by atoms with Gasteiger partial charge in [-0.15, -0.1) is 0 Å². The number of hydrogen-bond acceptors (Lipinski definition) is 9. The van der Waals surface area contributed by atoms with E-state index in [2.05, 4.69) is 9.26 Å². The SMILES string of the molecule is O=C([O-])[C@@]1(O)C[C@@H](O)[C@H](O)C(COP(=O)([O-])O)O1.[Na+].[Na+]. The van der Waals surface area contributed by atoms with Crippen molar-refractivity contribution in [3.63, 3.8) is 0 Å². The van der Waals surface area contributed by atoms with Crippen molar-refractivity contribution >= 4 is 13.8 Å². The van der Waals surface area contributed by atoms with E-state index in [1.807, 2.05) is 0 Å². The average Bonchev–Trinajstić information content (AvgIpc) is 2.20. The Bertz CT molecular complexity index is 375. The van der Waals surface area contributed by atoms with Gasteiger partial charge in [0.2, 0.25) is 5.79 Å². The van der Waals surface area contributed by atoms with Crippen molar-refractivity contribution in [3.8, 4) is 0 Å². The molecule has 10 nitrogen and oxygen atoms in total. The van der Waals surface area contributed by atoms with Crippen LogP contribution >= 0.6 is 7.82 Å². The van der Waals surface area contributed by atoms with Crippen LogP contribution in [-0.4, -0.2) is 56.9 Å². The first kappa shape index (κ1) is 23.7. The van der Waals surface area contributed by atoms with Crippen molar-refractivity contribution in [1.82, 2.24) is 0 Å². The third-order valence-electron chi connectivity index (χ3n) is 2.33. The fourth-order valence-corrected chi connectivity index (χ4v) is 1.79. The average molecular weight is 332 g/mol. The Labute approximate surface area is 157 Å². The summed E-state index contributed by atoms with van der Waals surface area (Å²) in [7, 11) is -5.11. The molecule has 0 radical (unpaired) electrons. The first-order chi connectivity index (χ1) is 8.05. The Hall–Kier alpha value is 1.42. The first-order valence-corrected chi connectivity index (χ1v) is 6.21. The van der Waals surface area contributed by atoms with Crippen LogP contribution in [0.15, 0.2) is 0 Å². The number of carbonyl (C=O) groups excluding carboxylic acids is 1. The predicted octanol–water partition coefficient (Wildman–Crippen LogP) is -10.6. The van der Waals surface area contributed by atoms with Gasteiger partial charge in [0.05, 0.1) is 12.7 Å². The van der Waals surface area contributed by atoms with Crippen LogP contribution in [0.25, 0.3) is 0 Å². The van der Waals surface area contributed by atoms with Crippen LogP contribution < -0.4 is 69.1 Å². The number of aliphatic carboxylic acids is 1. The van der Waals surface area contributed by atoms with Crippen molar-refractivity contribution in [3.05, 3.63) is 0 Å². The number of rotatable bonds is 4. The van der Waals surface area contributed by atoms with E-state index >= 15 is 0 Å². The maximum absolute atomic E-state index is 10.6. The molecule has 20 heavy (non-hydrogen) atoms. The van der Waals surface area contributed by atoms with Gasteiger partial charge in [-0.1, -0.05) is 0 Å². The molecule has 0 bridgehead atoms. The molecular formula is C7H11Na2O10P. The van der Waals surface area contributed by atoms with E-state index in [1.165, 1.54) is 0 Å². The molecule has 106 valence electrons. The number of carbonyl (C=O) groups is 1. The number of aliphatic hydroxyl groups excluding tert-OH is 2.